The molecule has 42 valence electrons. The summed E-state index contributed by atoms with van der Waals surface area (Å²) >= 11 is 3.86. The molecule has 0 radical (unpaired) electrons. The highest BCUT2D eigenvalue weighted by atomic mass is 32.1. The van der Waals surface area contributed by atoms with Crippen molar-refractivity contribution in [1.29, 1.82) is 0 Å². The van der Waals surface area contributed by atoms with E-state index in [9.17, 15) is 4.79 Å². The van der Waals surface area contributed by atoms with Gasteiger partial charge in [0.2, 0.25) is 0 Å². The van der Waals surface area contributed by atoms with Crippen molar-refractivity contribution in [3.63, 3.8) is 0 Å². The Morgan fingerprint density at radius 3 is 2.57 bits per heavy atom. The van der Waals surface area contributed by atoms with Crippen molar-refractivity contribution in [3.8, 4) is 0 Å². The van der Waals surface area contributed by atoms with E-state index in [1.807, 2.05) is 0 Å². The molecule has 2 N–H and O–H groups in total. The molecule has 3 heteroatoms. The van der Waals surface area contributed by atoms with E-state index in [4.69, 9.17) is 5.73 Å². The van der Waals surface area contributed by atoms with Crippen LogP contribution in [0.5, 0.6) is 0 Å². The van der Waals surface area contributed by atoms with Crippen LogP contribution in [-0.4, -0.2) is 18.1 Å². The van der Waals surface area contributed by atoms with Crippen LogP contribution in [0.25, 0.3) is 0 Å². The van der Waals surface area contributed by atoms with Gasteiger partial charge in [0.1, 0.15) is 6.29 Å². The van der Waals surface area contributed by atoms with Crippen LogP contribution in [0.3, 0.4) is 0 Å². The van der Waals surface area contributed by atoms with Crippen molar-refractivity contribution in [2.45, 2.75) is 11.7 Å². The molecule has 0 bridgehead atoms. The van der Waals surface area contributed by atoms with Gasteiger partial charge < -0.3 is 10.5 Å². The van der Waals surface area contributed by atoms with E-state index in [2.05, 4.69) is 12.6 Å². The Balaban J connectivity index is 2.98. The van der Waals surface area contributed by atoms with Crippen LogP contribution >= 0.6 is 12.6 Å². The first-order valence-corrected chi connectivity index (χ1v) is 2.66. The first-order chi connectivity index (χ1) is 3.31. The Bertz CT molecular complexity index is 57.7. The van der Waals surface area contributed by atoms with Crippen LogP contribution in [0, 0.1) is 0 Å². The van der Waals surface area contributed by atoms with Gasteiger partial charge in [-0.2, -0.15) is 12.6 Å². The van der Waals surface area contributed by atoms with Crippen molar-refractivity contribution in [1.82, 2.24) is 0 Å². The monoisotopic (exact) mass is 119 g/mol. The third-order valence-electron chi connectivity index (χ3n) is 0.620. The van der Waals surface area contributed by atoms with Crippen LogP contribution in [0.2, 0.25) is 0 Å². The summed E-state index contributed by atoms with van der Waals surface area (Å²) in [5.41, 5.74) is 5.10. The highest BCUT2D eigenvalue weighted by Gasteiger charge is 1.94. The summed E-state index contributed by atoms with van der Waals surface area (Å²) in [6, 6.07) is 0. The van der Waals surface area contributed by atoms with Gasteiger partial charge in [0.25, 0.3) is 0 Å². The van der Waals surface area contributed by atoms with Gasteiger partial charge in [-0.05, 0) is 13.0 Å². The molecule has 1 atom stereocenters. The predicted octanol–water partition coefficient (Wildman–Crippen LogP) is -0.167. The van der Waals surface area contributed by atoms with E-state index < -0.39 is 0 Å². The van der Waals surface area contributed by atoms with Crippen LogP contribution in [0.1, 0.15) is 6.42 Å². The normalized spacial score (nSPS) is 13.4. The van der Waals surface area contributed by atoms with Crippen molar-refractivity contribution in [2.75, 3.05) is 6.54 Å². The van der Waals surface area contributed by atoms with Gasteiger partial charge in [0.05, 0.1) is 5.25 Å². The third kappa shape index (κ3) is 3.82. The van der Waals surface area contributed by atoms with E-state index in [1.54, 1.807) is 0 Å². The van der Waals surface area contributed by atoms with E-state index in [0.717, 1.165) is 6.29 Å². The summed E-state index contributed by atoms with van der Waals surface area (Å²) in [5, 5.41) is -0.162. The molecule has 2 nitrogen and oxygen atoms in total. The van der Waals surface area contributed by atoms with E-state index >= 15 is 0 Å². The molecular weight excluding hydrogens is 110 g/mol. The Hall–Kier alpha value is -0.0200. The average molecular weight is 119 g/mol. The molecule has 0 saturated carbocycles. The number of hydrogen-bond donors (Lipinski definition) is 2. The Morgan fingerprint density at radius 1 is 1.86 bits per heavy atom. The molecule has 0 aromatic heterocycles. The van der Waals surface area contributed by atoms with Crippen LogP contribution in [0.4, 0.5) is 0 Å². The van der Waals surface area contributed by atoms with E-state index in [-0.39, 0.29) is 5.25 Å². The number of rotatable bonds is 3. The Morgan fingerprint density at radius 2 is 2.43 bits per heavy atom. The van der Waals surface area contributed by atoms with E-state index in [1.165, 1.54) is 0 Å². The fourth-order valence-electron chi connectivity index (χ4n) is 0.239. The molecular formula is C4H9NOS. The minimum atomic E-state index is -0.162. The number of aldehydes is 1. The van der Waals surface area contributed by atoms with Crippen molar-refractivity contribution in [2.24, 2.45) is 5.73 Å². The van der Waals surface area contributed by atoms with Crippen molar-refractivity contribution >= 4 is 18.9 Å². The average Bonchev–Trinajstić information content (AvgIpc) is 1.68. The number of hydrogen-bond acceptors (Lipinski definition) is 3. The Kier molecular flexibility index (Phi) is 4.14. The summed E-state index contributed by atoms with van der Waals surface area (Å²) in [4.78, 5) is 9.76. The van der Waals surface area contributed by atoms with Gasteiger partial charge in [-0.1, -0.05) is 0 Å². The molecule has 0 aromatic rings. The zero-order chi connectivity index (χ0) is 5.70. The molecule has 0 amide bonds. The summed E-state index contributed by atoms with van der Waals surface area (Å²) in [6.45, 7) is 0.535. The molecule has 0 aliphatic rings. The number of nitrogens with two attached hydrogens (primary N) is 1. The molecule has 1 unspecified atom stereocenters. The second-order valence-corrected chi connectivity index (χ2v) is 1.94. The van der Waals surface area contributed by atoms with Crippen LogP contribution in [-0.2, 0) is 4.79 Å². The third-order valence-corrected chi connectivity index (χ3v) is 0.999. The largest absolute Gasteiger partial charge is 0.330 e. The maximum Gasteiger partial charge on any atom is 0.132 e. The van der Waals surface area contributed by atoms with Gasteiger partial charge in [0.15, 0.2) is 0 Å². The molecule has 0 saturated heterocycles. The molecule has 0 fully saturated rings. The van der Waals surface area contributed by atoms with Gasteiger partial charge in [0, 0.05) is 0 Å². The summed E-state index contributed by atoms with van der Waals surface area (Å²) in [5.74, 6) is 0. The second-order valence-electron chi connectivity index (χ2n) is 1.28. The zero-order valence-corrected chi connectivity index (χ0v) is 4.90. The lowest BCUT2D eigenvalue weighted by molar-refractivity contribution is -0.107. The number of carbonyl (C=O) groups is 1. The van der Waals surface area contributed by atoms with Crippen LogP contribution < -0.4 is 5.73 Å². The first kappa shape index (κ1) is 6.98. The standard InChI is InChI=1S/C4H9NOS/c5-2-1-4(7)3-6/h3-4,7H,1-2,5H2. The summed E-state index contributed by atoms with van der Waals surface area (Å²) in [6.07, 6.45) is 1.46. The molecule has 0 rings (SSSR count). The summed E-state index contributed by atoms with van der Waals surface area (Å²) in [7, 11) is 0. The highest BCUT2D eigenvalue weighted by Crippen LogP contribution is 1.92. The fraction of sp³-hybridized carbons (Fsp3) is 0.750. The lowest BCUT2D eigenvalue weighted by atomic mass is 10.3. The van der Waals surface area contributed by atoms with Crippen LogP contribution in [0.15, 0.2) is 0 Å². The minimum Gasteiger partial charge on any atom is -0.330 e. The zero-order valence-electron chi connectivity index (χ0n) is 4.00. The fourth-order valence-corrected chi connectivity index (χ4v) is 0.388. The van der Waals surface area contributed by atoms with Gasteiger partial charge in [-0.15, -0.1) is 0 Å². The highest BCUT2D eigenvalue weighted by molar-refractivity contribution is 7.81. The maximum atomic E-state index is 9.76. The lowest BCUT2D eigenvalue weighted by Crippen LogP contribution is -2.08. The molecule has 0 aliphatic heterocycles. The van der Waals surface area contributed by atoms with E-state index in [0.29, 0.717) is 13.0 Å². The van der Waals surface area contributed by atoms with Gasteiger partial charge in [-0.3, -0.25) is 0 Å². The quantitative estimate of drug-likeness (QED) is 0.400. The molecule has 0 aromatic carbocycles. The van der Waals surface area contributed by atoms with Crippen molar-refractivity contribution in [3.05, 3.63) is 0 Å². The van der Waals surface area contributed by atoms with Gasteiger partial charge >= 0.3 is 0 Å². The smallest absolute Gasteiger partial charge is 0.132 e. The summed E-state index contributed by atoms with van der Waals surface area (Å²) < 4.78 is 0. The minimum absolute atomic E-state index is 0.162. The molecule has 0 heterocycles. The molecule has 7 heavy (non-hydrogen) atoms. The molecule has 0 aliphatic carbocycles. The molecule has 0 spiro atoms. The maximum absolute atomic E-state index is 9.76. The number of thiol groups is 1. The SMILES string of the molecule is NCCC(S)C=O. The van der Waals surface area contributed by atoms with Crippen molar-refractivity contribution < 1.29 is 4.79 Å². The van der Waals surface area contributed by atoms with Gasteiger partial charge in [-0.25, -0.2) is 0 Å². The first-order valence-electron chi connectivity index (χ1n) is 2.14. The predicted molar refractivity (Wildman–Crippen MR) is 32.5 cm³/mol. The Labute approximate surface area is 48.5 Å². The lowest BCUT2D eigenvalue weighted by Gasteiger charge is -1.94. The topological polar surface area (TPSA) is 43.1 Å². The number of carbonyl (C=O) groups excluding carboxylic acids is 1. The second kappa shape index (κ2) is 4.15.